The van der Waals surface area contributed by atoms with Crippen LogP contribution >= 0.6 is 0 Å². The van der Waals surface area contributed by atoms with Crippen LogP contribution in [0.15, 0.2) is 60.7 Å². The smallest absolute Gasteiger partial charge is 1.00 e. The number of pyridine rings is 1. The van der Waals surface area contributed by atoms with Crippen LogP contribution in [-0.2, 0) is 32.3 Å². The normalized spacial score (nSPS) is 13.4. The molecule has 0 bridgehead atoms. The Hall–Kier alpha value is -0.683. The van der Waals surface area contributed by atoms with Crippen LogP contribution in [0.25, 0.3) is 11.3 Å². The summed E-state index contributed by atoms with van der Waals surface area (Å²) in [4.78, 5) is 4.28. The van der Waals surface area contributed by atoms with Crippen molar-refractivity contribution in [2.45, 2.75) is 44.1 Å². The molecule has 0 unspecified atom stereocenters. The monoisotopic (exact) mass is 612 g/mol. The molecule has 1 saturated carbocycles. The third-order valence-electron chi connectivity index (χ3n) is 4.84. The molecular weight excluding hydrogens is 587 g/mol. The minimum absolute atomic E-state index is 0. The van der Waals surface area contributed by atoms with Crippen LogP contribution in [0.4, 0.5) is 4.39 Å². The fraction of sp³-hybridized carbons (Fsp3) is 0.304. The van der Waals surface area contributed by atoms with Crippen molar-refractivity contribution < 1.29 is 55.0 Å². The molecule has 0 atom stereocenters. The Balaban J connectivity index is 0.000000425. The van der Waals surface area contributed by atoms with Gasteiger partial charge in [0.15, 0.2) is 0 Å². The largest absolute Gasteiger partial charge is 4.00 e. The first-order chi connectivity index (χ1) is 12.7. The Morgan fingerprint density at radius 1 is 0.966 bits per heavy atom. The quantitative estimate of drug-likeness (QED) is 0.191. The zero-order valence-electron chi connectivity index (χ0n) is 16.4. The number of hydrogen-bond acceptors (Lipinski definition) is 1. The molecule has 2 aromatic carbocycles. The molecule has 2 aliphatic rings. The number of fused-ring (bicyclic) bond motifs is 3. The maximum atomic E-state index is 11.7. The SMILES string of the molecule is Fc1ccc[cH-]1.[Cl-].[Cl-].[Hf+4].[SiH2]C1CCCCC1.[c-]1ccc2c(n1)-c1ccccc1C2. The van der Waals surface area contributed by atoms with E-state index in [9.17, 15) is 4.39 Å². The number of nitrogens with zero attached hydrogens (tertiary/aromatic N) is 1. The summed E-state index contributed by atoms with van der Waals surface area (Å²) in [6.07, 6.45) is 11.4. The molecule has 1 heterocycles. The molecule has 151 valence electrons. The third kappa shape index (κ3) is 8.91. The number of aromatic nitrogens is 1. The van der Waals surface area contributed by atoms with E-state index in [1.165, 1.54) is 60.9 Å². The van der Waals surface area contributed by atoms with Gasteiger partial charge in [0, 0.05) is 16.1 Å². The molecule has 0 spiro atoms. The molecule has 0 N–H and O–H groups in total. The fourth-order valence-corrected chi connectivity index (χ4v) is 3.99. The molecule has 29 heavy (non-hydrogen) atoms. The molecule has 3 aromatic rings. The summed E-state index contributed by atoms with van der Waals surface area (Å²) >= 11 is 0. The molecule has 1 nitrogen and oxygen atoms in total. The van der Waals surface area contributed by atoms with Crippen LogP contribution in [0.1, 0.15) is 43.2 Å². The first kappa shape index (κ1) is 28.3. The van der Waals surface area contributed by atoms with Crippen LogP contribution in [-0.4, -0.2) is 15.2 Å². The van der Waals surface area contributed by atoms with Crippen LogP contribution in [0, 0.1) is 12.0 Å². The molecule has 1 fully saturated rings. The van der Waals surface area contributed by atoms with E-state index in [1.54, 1.807) is 12.1 Å². The van der Waals surface area contributed by atoms with Gasteiger partial charge in [-0.05, 0) is 17.7 Å². The van der Waals surface area contributed by atoms with E-state index in [1.807, 2.05) is 6.07 Å². The average Bonchev–Trinajstić information content (AvgIpc) is 3.30. The summed E-state index contributed by atoms with van der Waals surface area (Å²) in [5.74, 6) is -0.157. The summed E-state index contributed by atoms with van der Waals surface area (Å²) in [7, 11) is 2.18. The van der Waals surface area contributed by atoms with Crippen molar-refractivity contribution in [3.63, 3.8) is 0 Å². The minimum Gasteiger partial charge on any atom is -1.00 e. The summed E-state index contributed by atoms with van der Waals surface area (Å²) in [5, 5.41) is 0. The number of benzene rings is 1. The van der Waals surface area contributed by atoms with Crippen molar-refractivity contribution in [2.24, 2.45) is 0 Å². The summed E-state index contributed by atoms with van der Waals surface area (Å²) < 4.78 is 11.7. The minimum atomic E-state index is -0.157. The van der Waals surface area contributed by atoms with E-state index in [4.69, 9.17) is 0 Å². The zero-order valence-corrected chi connectivity index (χ0v) is 22.9. The van der Waals surface area contributed by atoms with Crippen molar-refractivity contribution in [3.05, 3.63) is 83.8 Å². The average molecular weight is 612 g/mol. The molecule has 0 saturated heterocycles. The standard InChI is InChI=1S/C12H8N.C6H13Si.C5H4F.2ClH.Hf/c1-2-6-11-9(4-1)8-10-5-3-7-13-12(10)11;7-6-4-2-1-3-5-6;6-5-3-1-2-4-5;;;/h1-6H,8H2;6H,1-5,7H2;1-4H;2*1H;/q-1;;-1;;;+4/p-2. The Labute approximate surface area is 208 Å². The van der Waals surface area contributed by atoms with E-state index in [0.717, 1.165) is 17.7 Å². The van der Waals surface area contributed by atoms with Gasteiger partial charge in [-0.25, -0.2) is 10.5 Å². The number of hydrogen-bond donors (Lipinski definition) is 0. The van der Waals surface area contributed by atoms with Crippen molar-refractivity contribution in [1.29, 1.82) is 0 Å². The molecule has 6 heteroatoms. The van der Waals surface area contributed by atoms with Crippen molar-refractivity contribution in [1.82, 2.24) is 4.98 Å². The molecular formula is C23H25Cl2FHfNSi. The second-order valence-electron chi connectivity index (χ2n) is 6.89. The van der Waals surface area contributed by atoms with Gasteiger partial charge in [-0.2, -0.15) is 24.3 Å². The predicted octanol–water partition coefficient (Wildman–Crippen LogP) is -0.625. The van der Waals surface area contributed by atoms with Gasteiger partial charge >= 0.3 is 25.8 Å². The van der Waals surface area contributed by atoms with Gasteiger partial charge in [0.1, 0.15) is 0 Å². The molecule has 1 aromatic heterocycles. The van der Waals surface area contributed by atoms with Gasteiger partial charge in [-0.3, -0.25) is 0 Å². The van der Waals surface area contributed by atoms with Crippen molar-refractivity contribution >= 4 is 10.2 Å². The topological polar surface area (TPSA) is 12.9 Å². The van der Waals surface area contributed by atoms with E-state index in [0.29, 0.717) is 0 Å². The molecule has 1 radical (unpaired) electrons. The Bertz CT molecular complexity index is 765. The maximum absolute atomic E-state index is 11.7. The molecule has 0 amide bonds. The van der Waals surface area contributed by atoms with Gasteiger partial charge in [0.05, 0.1) is 0 Å². The van der Waals surface area contributed by atoms with Crippen LogP contribution < -0.4 is 24.8 Å². The third-order valence-corrected chi connectivity index (χ3v) is 5.66. The molecule has 5 rings (SSSR count). The van der Waals surface area contributed by atoms with Crippen LogP contribution in [0.5, 0.6) is 0 Å². The Kier molecular flexibility index (Phi) is 14.8. The molecule has 2 aliphatic carbocycles. The maximum Gasteiger partial charge on any atom is 4.00 e. The van der Waals surface area contributed by atoms with E-state index >= 15 is 0 Å². The van der Waals surface area contributed by atoms with Crippen LogP contribution in [0.2, 0.25) is 5.54 Å². The first-order valence-electron chi connectivity index (χ1n) is 9.38. The van der Waals surface area contributed by atoms with Gasteiger partial charge in [-0.1, -0.05) is 73.7 Å². The van der Waals surface area contributed by atoms with Crippen molar-refractivity contribution in [2.75, 3.05) is 0 Å². The fourth-order valence-electron chi connectivity index (χ4n) is 3.41. The first-order valence-corrected chi connectivity index (χ1v) is 10.2. The van der Waals surface area contributed by atoms with E-state index in [2.05, 4.69) is 51.8 Å². The molecule has 0 aliphatic heterocycles. The predicted molar refractivity (Wildman–Crippen MR) is 109 cm³/mol. The van der Waals surface area contributed by atoms with Crippen molar-refractivity contribution in [3.8, 4) is 11.3 Å². The number of rotatable bonds is 0. The Morgan fingerprint density at radius 2 is 1.69 bits per heavy atom. The van der Waals surface area contributed by atoms with E-state index in [-0.39, 0.29) is 56.5 Å². The summed E-state index contributed by atoms with van der Waals surface area (Å²) in [6, 6.07) is 18.6. The summed E-state index contributed by atoms with van der Waals surface area (Å²) in [6.45, 7) is 0. The van der Waals surface area contributed by atoms with Gasteiger partial charge < -0.3 is 29.8 Å². The second-order valence-corrected chi connectivity index (χ2v) is 8.04. The zero-order chi connectivity index (χ0) is 18.2. The van der Waals surface area contributed by atoms with Crippen LogP contribution in [0.3, 0.4) is 0 Å². The Morgan fingerprint density at radius 3 is 2.24 bits per heavy atom. The van der Waals surface area contributed by atoms with E-state index < -0.39 is 0 Å². The van der Waals surface area contributed by atoms with Gasteiger partial charge in [0.25, 0.3) is 0 Å². The summed E-state index contributed by atoms with van der Waals surface area (Å²) in [5.41, 5.74) is 6.14. The number of halogens is 3. The van der Waals surface area contributed by atoms with Gasteiger partial charge in [0.2, 0.25) is 0 Å². The second kappa shape index (κ2) is 15.2. The van der Waals surface area contributed by atoms with Gasteiger partial charge in [-0.15, -0.1) is 11.6 Å².